The number of carbonyl (C=O) groups is 1. The number of ketones is 1. The molecule has 4 heterocycles. The monoisotopic (exact) mass is 1100 g/mol. The van der Waals surface area contributed by atoms with E-state index < -0.39 is 123 Å². The van der Waals surface area contributed by atoms with Crippen LogP contribution in [0.5, 0.6) is 0 Å². The lowest BCUT2D eigenvalue weighted by Gasteiger charge is -2.51. The van der Waals surface area contributed by atoms with Crippen LogP contribution in [0.3, 0.4) is 0 Å². The van der Waals surface area contributed by atoms with E-state index in [1.807, 2.05) is 0 Å². The second-order valence-corrected chi connectivity index (χ2v) is 24.5. The van der Waals surface area contributed by atoms with E-state index in [4.69, 9.17) is 55.9 Å². The van der Waals surface area contributed by atoms with Crippen LogP contribution in [0.4, 0.5) is 35.1 Å². The third kappa shape index (κ3) is 10.2. The molecule has 0 aromatic heterocycles. The summed E-state index contributed by atoms with van der Waals surface area (Å²) in [5.74, 6) is -2.57. The second-order valence-electron chi connectivity index (χ2n) is 18.4. The van der Waals surface area contributed by atoms with Gasteiger partial charge < -0.3 is 9.47 Å². The predicted octanol–water partition coefficient (Wildman–Crippen LogP) is 10.8. The molecule has 9 nitrogen and oxygen atoms in total. The number of alkyl halides is 8. The zero-order chi connectivity index (χ0) is 51.2. The van der Waals surface area contributed by atoms with Crippen LogP contribution in [0.2, 0.25) is 20.1 Å². The Morgan fingerprint density at radius 1 is 0.557 bits per heavy atom. The maximum atomic E-state index is 16.6. The molecule has 0 saturated carbocycles. The smallest absolute Gasteiger partial charge is 0.432 e. The summed E-state index contributed by atoms with van der Waals surface area (Å²) >= 11 is 24.1. The Morgan fingerprint density at radius 3 is 1.13 bits per heavy atom. The third-order valence-electron chi connectivity index (χ3n) is 13.1. The van der Waals surface area contributed by atoms with Crippen LogP contribution in [0.25, 0.3) is 11.1 Å². The number of nitrogens with zero attached hydrogens (tertiary/aromatic N) is 2. The van der Waals surface area contributed by atoms with E-state index in [2.05, 4.69) is 0 Å². The fraction of sp³-hybridized carbons (Fsp3) is 0.383. The summed E-state index contributed by atoms with van der Waals surface area (Å²) in [6.07, 6.45) is -7.52. The highest BCUT2D eigenvalue weighted by molar-refractivity contribution is 7.91. The Kier molecular flexibility index (Phi) is 13.6. The summed E-state index contributed by atoms with van der Waals surface area (Å²) in [6.45, 7) is -2.11. The number of benzene rings is 4. The minimum atomic E-state index is -4.90. The molecule has 4 unspecified atom stereocenters. The Morgan fingerprint density at radius 2 is 0.857 bits per heavy atom. The fourth-order valence-electron chi connectivity index (χ4n) is 9.46. The van der Waals surface area contributed by atoms with Crippen molar-refractivity contribution in [3.63, 3.8) is 0 Å². The second kappa shape index (κ2) is 18.2. The molecular formula is C47H40Cl4F8N2O7S2. The number of hydrogen-bond donors (Lipinski definition) is 0. The lowest BCUT2D eigenvalue weighted by atomic mass is 9.82. The molecular weight excluding hydrogens is 1060 g/mol. The van der Waals surface area contributed by atoms with Gasteiger partial charge in [0.1, 0.15) is 19.7 Å². The lowest BCUT2D eigenvalue weighted by Crippen LogP contribution is -2.69. The van der Waals surface area contributed by atoms with Gasteiger partial charge in [-0.25, -0.2) is 25.6 Å². The van der Waals surface area contributed by atoms with Gasteiger partial charge in [0.25, 0.3) is 0 Å². The maximum Gasteiger partial charge on any atom is 0.432 e. The van der Waals surface area contributed by atoms with Crippen LogP contribution in [0.1, 0.15) is 46.2 Å². The standard InChI is InChI=1S/C47H40Cl4F8N2O7S2/c1-69(63,64)21-39(60-23-42(52,24-60)31-7-3-27(4-8-31)29-17-44(67-19-29,46(54,55)56)33-11-35(48)15-36(49)12-33)41(62)40(22-70(2,65)66)61-25-43(53,26-61)32-9-5-28(6-10-32)30-18-45(68-20-30,47(57,58)59)34-13-37(50)16-38(51)14-34/h3-16,19-20,39-40H,17-18,21-26H2,1-2H3. The Hall–Kier alpha value is -3.95. The lowest BCUT2D eigenvalue weighted by molar-refractivity contribution is -0.261. The van der Waals surface area contributed by atoms with Crippen molar-refractivity contribution in [2.24, 2.45) is 0 Å². The van der Waals surface area contributed by atoms with Crippen molar-refractivity contribution in [3.05, 3.63) is 151 Å². The molecule has 4 aliphatic heterocycles. The number of ether oxygens (including phenoxy) is 2. The van der Waals surface area contributed by atoms with Crippen molar-refractivity contribution in [2.75, 3.05) is 50.2 Å². The van der Waals surface area contributed by atoms with E-state index in [1.165, 1.54) is 70.5 Å². The minimum Gasteiger partial charge on any atom is -0.480 e. The maximum absolute atomic E-state index is 16.6. The number of likely N-dealkylation sites (tertiary alicyclic amines) is 2. The number of rotatable bonds is 14. The van der Waals surface area contributed by atoms with E-state index in [1.54, 1.807) is 0 Å². The first-order chi connectivity index (χ1) is 32.3. The van der Waals surface area contributed by atoms with Gasteiger partial charge in [-0.1, -0.05) is 94.9 Å². The Balaban J connectivity index is 0.955. The van der Waals surface area contributed by atoms with Crippen molar-refractivity contribution in [1.82, 2.24) is 9.80 Å². The highest BCUT2D eigenvalue weighted by atomic mass is 35.5. The third-order valence-corrected chi connectivity index (χ3v) is 15.8. The molecule has 2 saturated heterocycles. The number of sulfone groups is 2. The van der Waals surface area contributed by atoms with Crippen LogP contribution in [-0.2, 0) is 56.5 Å². The molecule has 0 aliphatic carbocycles. The van der Waals surface area contributed by atoms with E-state index in [0.717, 1.165) is 49.3 Å². The minimum absolute atomic E-state index is 0.0347. The van der Waals surface area contributed by atoms with Crippen LogP contribution >= 0.6 is 46.4 Å². The van der Waals surface area contributed by atoms with Crippen molar-refractivity contribution < 1.29 is 66.2 Å². The van der Waals surface area contributed by atoms with Crippen molar-refractivity contribution in [3.8, 4) is 0 Å². The number of Topliss-reactive ketones (excluding diaryl/α,β-unsaturated/α-hetero) is 1. The topological polar surface area (TPSA) is 110 Å². The van der Waals surface area contributed by atoms with Gasteiger partial charge in [-0.2, -0.15) is 26.3 Å². The zero-order valence-electron chi connectivity index (χ0n) is 36.7. The van der Waals surface area contributed by atoms with Gasteiger partial charge in [0.15, 0.2) is 17.1 Å². The van der Waals surface area contributed by atoms with Crippen LogP contribution in [0, 0.1) is 0 Å². The molecule has 2 fully saturated rings. The summed E-state index contributed by atoms with van der Waals surface area (Å²) in [4.78, 5) is 16.9. The van der Waals surface area contributed by atoms with Gasteiger partial charge in [-0.3, -0.25) is 14.6 Å². The highest BCUT2D eigenvalue weighted by Gasteiger charge is 2.62. The molecule has 376 valence electrons. The molecule has 0 bridgehead atoms. The van der Waals surface area contributed by atoms with E-state index in [-0.39, 0.29) is 64.6 Å². The van der Waals surface area contributed by atoms with E-state index in [9.17, 15) is 48.0 Å². The molecule has 4 atom stereocenters. The van der Waals surface area contributed by atoms with E-state index in [0.29, 0.717) is 0 Å². The molecule has 4 aliphatic rings. The first-order valence-electron chi connectivity index (χ1n) is 21.1. The quantitative estimate of drug-likeness (QED) is 0.114. The summed E-state index contributed by atoms with van der Waals surface area (Å²) in [5.41, 5.74) is -9.67. The predicted molar refractivity (Wildman–Crippen MR) is 249 cm³/mol. The van der Waals surface area contributed by atoms with Gasteiger partial charge in [0, 0.05) is 82.7 Å². The summed E-state index contributed by atoms with van der Waals surface area (Å²) in [6, 6.07) is 14.8. The molecule has 23 heteroatoms. The van der Waals surface area contributed by atoms with Crippen molar-refractivity contribution in [1.29, 1.82) is 0 Å². The average molecular weight is 1100 g/mol. The molecule has 0 N–H and O–H groups in total. The molecule has 8 rings (SSSR count). The summed E-state index contributed by atoms with van der Waals surface area (Å²) in [7, 11) is -7.97. The molecule has 0 spiro atoms. The van der Waals surface area contributed by atoms with Gasteiger partial charge in [0.2, 0.25) is 11.2 Å². The van der Waals surface area contributed by atoms with Crippen LogP contribution < -0.4 is 0 Å². The number of hydrogen-bond acceptors (Lipinski definition) is 9. The zero-order valence-corrected chi connectivity index (χ0v) is 41.3. The van der Waals surface area contributed by atoms with Crippen molar-refractivity contribution >= 4 is 83.0 Å². The van der Waals surface area contributed by atoms with Crippen LogP contribution in [0.15, 0.2) is 97.5 Å². The van der Waals surface area contributed by atoms with Gasteiger partial charge in [-0.05, 0) is 69.8 Å². The van der Waals surface area contributed by atoms with Crippen LogP contribution in [-0.4, -0.2) is 107 Å². The SMILES string of the molecule is CS(=O)(=O)CC(C(=O)C(CS(C)(=O)=O)N1CC(F)(c2ccc(C3=COC(c4cc(Cl)cc(Cl)c4)(C(F)(F)F)C3)cc2)C1)N1CC(F)(c2ccc(C3=COC(c4cc(Cl)cc(Cl)c4)(C(F)(F)F)C3)cc2)C1. The molecule has 0 radical (unpaired) electrons. The first-order valence-corrected chi connectivity index (χ1v) is 26.7. The molecule has 70 heavy (non-hydrogen) atoms. The fourth-order valence-corrected chi connectivity index (χ4v) is 12.4. The highest BCUT2D eigenvalue weighted by Crippen LogP contribution is 2.55. The van der Waals surface area contributed by atoms with Crippen molar-refractivity contribution in [2.45, 2.75) is 59.8 Å². The van der Waals surface area contributed by atoms with Gasteiger partial charge >= 0.3 is 12.4 Å². The summed E-state index contributed by atoms with van der Waals surface area (Å²) < 4.78 is 182. The molecule has 4 aromatic rings. The Bertz CT molecular complexity index is 2780. The Labute approximate surface area is 417 Å². The average Bonchev–Trinajstić information content (AvgIpc) is 3.90. The molecule has 0 amide bonds. The number of carbonyl (C=O) groups excluding carboxylic acids is 1. The first kappa shape index (κ1) is 52.4. The normalized spacial score (nSPS) is 23.6. The van der Waals surface area contributed by atoms with Gasteiger partial charge in [0.05, 0.1) is 36.1 Å². The van der Waals surface area contributed by atoms with Gasteiger partial charge in [-0.15, -0.1) is 0 Å². The number of halogens is 12. The van der Waals surface area contributed by atoms with E-state index >= 15 is 8.78 Å². The summed E-state index contributed by atoms with van der Waals surface area (Å²) in [5, 5.41) is -0.139. The molecule has 4 aromatic carbocycles. The largest absolute Gasteiger partial charge is 0.480 e.